The van der Waals surface area contributed by atoms with Crippen molar-refractivity contribution < 1.29 is 9.47 Å². The number of benzene rings is 1. The summed E-state index contributed by atoms with van der Waals surface area (Å²) in [6, 6.07) is 9.17. The van der Waals surface area contributed by atoms with E-state index in [1.54, 1.807) is 0 Å². The Morgan fingerprint density at radius 1 is 1.30 bits per heavy atom. The van der Waals surface area contributed by atoms with Crippen LogP contribution in [-0.4, -0.2) is 64.6 Å². The molecule has 2 unspecified atom stereocenters. The maximum Gasteiger partial charge on any atom is 0.191 e. The normalized spacial score (nSPS) is 22.6. The molecule has 152 valence electrons. The molecule has 0 spiro atoms. The van der Waals surface area contributed by atoms with Gasteiger partial charge in [0.05, 0.1) is 19.3 Å². The van der Waals surface area contributed by atoms with Crippen LogP contribution in [0.3, 0.4) is 0 Å². The standard InChI is InChI=1S/C20H32N4O2.HI/c1-16-5-7-18(8-6-16)24-11-9-17(14-24)23-20(21-2)22-10-13-25-15-19-4-3-12-26-19;/h5-8,17,19H,3-4,9-15H2,1-2H3,(H2,21,22,23);1H. The summed E-state index contributed by atoms with van der Waals surface area (Å²) < 4.78 is 11.2. The fourth-order valence-electron chi connectivity index (χ4n) is 3.49. The van der Waals surface area contributed by atoms with Crippen molar-refractivity contribution in [2.24, 2.45) is 4.99 Å². The van der Waals surface area contributed by atoms with E-state index >= 15 is 0 Å². The lowest BCUT2D eigenvalue weighted by Crippen LogP contribution is -2.45. The van der Waals surface area contributed by atoms with Crippen molar-refractivity contribution in [2.45, 2.75) is 38.3 Å². The first-order valence-corrected chi connectivity index (χ1v) is 9.73. The van der Waals surface area contributed by atoms with Crippen molar-refractivity contribution >= 4 is 35.6 Å². The van der Waals surface area contributed by atoms with Gasteiger partial charge in [0.1, 0.15) is 0 Å². The van der Waals surface area contributed by atoms with Crippen molar-refractivity contribution in [2.75, 3.05) is 51.4 Å². The van der Waals surface area contributed by atoms with E-state index in [2.05, 4.69) is 51.7 Å². The van der Waals surface area contributed by atoms with Gasteiger partial charge in [-0.15, -0.1) is 24.0 Å². The van der Waals surface area contributed by atoms with E-state index in [-0.39, 0.29) is 24.0 Å². The predicted molar refractivity (Wildman–Crippen MR) is 122 cm³/mol. The second-order valence-corrected chi connectivity index (χ2v) is 7.12. The smallest absolute Gasteiger partial charge is 0.191 e. The van der Waals surface area contributed by atoms with Gasteiger partial charge in [-0.2, -0.15) is 0 Å². The lowest BCUT2D eigenvalue weighted by molar-refractivity contribution is 0.0191. The number of ether oxygens (including phenoxy) is 2. The molecule has 2 aliphatic heterocycles. The average Bonchev–Trinajstić information content (AvgIpc) is 3.33. The molecule has 0 amide bonds. The summed E-state index contributed by atoms with van der Waals surface area (Å²) in [7, 11) is 1.81. The zero-order valence-electron chi connectivity index (χ0n) is 16.4. The summed E-state index contributed by atoms with van der Waals surface area (Å²) >= 11 is 0. The number of aliphatic imine (C=N–C) groups is 1. The van der Waals surface area contributed by atoms with Crippen molar-refractivity contribution in [3.63, 3.8) is 0 Å². The van der Waals surface area contributed by atoms with Crippen molar-refractivity contribution in [1.82, 2.24) is 10.6 Å². The van der Waals surface area contributed by atoms with Gasteiger partial charge in [0.25, 0.3) is 0 Å². The Balaban J connectivity index is 0.00000261. The van der Waals surface area contributed by atoms with Gasteiger partial charge in [0.15, 0.2) is 5.96 Å². The van der Waals surface area contributed by atoms with Crippen molar-refractivity contribution in [1.29, 1.82) is 0 Å². The quantitative estimate of drug-likeness (QED) is 0.268. The molecule has 0 radical (unpaired) electrons. The summed E-state index contributed by atoms with van der Waals surface area (Å²) in [6.45, 7) is 7.19. The molecule has 1 aromatic rings. The van der Waals surface area contributed by atoms with E-state index in [4.69, 9.17) is 9.47 Å². The van der Waals surface area contributed by atoms with Crippen LogP contribution in [0, 0.1) is 6.92 Å². The SMILES string of the molecule is CN=C(NCCOCC1CCCO1)NC1CCN(c2ccc(C)cc2)C1.I. The van der Waals surface area contributed by atoms with Crippen LogP contribution in [-0.2, 0) is 9.47 Å². The van der Waals surface area contributed by atoms with E-state index in [0.29, 0.717) is 25.4 Å². The van der Waals surface area contributed by atoms with Gasteiger partial charge in [-0.05, 0) is 38.3 Å². The molecule has 2 atom stereocenters. The van der Waals surface area contributed by atoms with Crippen LogP contribution in [0.2, 0.25) is 0 Å². The van der Waals surface area contributed by atoms with E-state index in [9.17, 15) is 0 Å². The van der Waals surface area contributed by atoms with E-state index in [0.717, 1.165) is 51.5 Å². The summed E-state index contributed by atoms with van der Waals surface area (Å²) in [5.74, 6) is 0.849. The molecule has 1 aromatic carbocycles. The monoisotopic (exact) mass is 488 g/mol. The van der Waals surface area contributed by atoms with Gasteiger partial charge in [0.2, 0.25) is 0 Å². The Kier molecular flexibility index (Phi) is 9.64. The zero-order valence-corrected chi connectivity index (χ0v) is 18.8. The number of nitrogens with zero attached hydrogens (tertiary/aromatic N) is 2. The number of rotatable bonds is 7. The fourth-order valence-corrected chi connectivity index (χ4v) is 3.49. The lowest BCUT2D eigenvalue weighted by Gasteiger charge is -2.20. The Bertz CT molecular complexity index is 576. The third-order valence-corrected chi connectivity index (χ3v) is 5.02. The Morgan fingerprint density at radius 3 is 2.81 bits per heavy atom. The molecule has 2 aliphatic rings. The van der Waals surface area contributed by atoms with Crippen LogP contribution in [0.1, 0.15) is 24.8 Å². The minimum absolute atomic E-state index is 0. The Hall–Kier alpha value is -1.06. The van der Waals surface area contributed by atoms with Gasteiger partial charge in [-0.25, -0.2) is 0 Å². The topological polar surface area (TPSA) is 58.1 Å². The zero-order chi connectivity index (χ0) is 18.2. The van der Waals surface area contributed by atoms with Crippen LogP contribution in [0.25, 0.3) is 0 Å². The Morgan fingerprint density at radius 2 is 2.11 bits per heavy atom. The second kappa shape index (κ2) is 11.7. The average molecular weight is 488 g/mol. The summed E-state index contributed by atoms with van der Waals surface area (Å²) in [4.78, 5) is 6.76. The molecule has 0 aromatic heterocycles. The highest BCUT2D eigenvalue weighted by molar-refractivity contribution is 14.0. The van der Waals surface area contributed by atoms with Crippen molar-refractivity contribution in [3.8, 4) is 0 Å². The van der Waals surface area contributed by atoms with Gasteiger partial charge >= 0.3 is 0 Å². The molecule has 6 nitrogen and oxygen atoms in total. The molecular formula is C20H33IN4O2. The minimum Gasteiger partial charge on any atom is -0.377 e. The first-order chi connectivity index (χ1) is 12.7. The third-order valence-electron chi connectivity index (χ3n) is 5.02. The summed E-state index contributed by atoms with van der Waals surface area (Å²) in [5.41, 5.74) is 2.60. The number of hydrogen-bond acceptors (Lipinski definition) is 4. The molecule has 0 aliphatic carbocycles. The number of hydrogen-bond donors (Lipinski definition) is 2. The van der Waals surface area contributed by atoms with Crippen molar-refractivity contribution in [3.05, 3.63) is 29.8 Å². The number of halogens is 1. The number of anilines is 1. The first kappa shape index (κ1) is 22.2. The highest BCUT2D eigenvalue weighted by Gasteiger charge is 2.23. The van der Waals surface area contributed by atoms with Crippen LogP contribution in [0.15, 0.2) is 29.3 Å². The van der Waals surface area contributed by atoms with Crippen LogP contribution in [0.5, 0.6) is 0 Å². The fraction of sp³-hybridized carbons (Fsp3) is 0.650. The molecule has 2 N–H and O–H groups in total. The first-order valence-electron chi connectivity index (χ1n) is 9.73. The van der Waals surface area contributed by atoms with Gasteiger partial charge < -0.3 is 25.0 Å². The van der Waals surface area contributed by atoms with Crippen LogP contribution < -0.4 is 15.5 Å². The highest BCUT2D eigenvalue weighted by atomic mass is 127. The highest BCUT2D eigenvalue weighted by Crippen LogP contribution is 2.20. The van der Waals surface area contributed by atoms with Crippen LogP contribution in [0.4, 0.5) is 5.69 Å². The molecule has 2 fully saturated rings. The van der Waals surface area contributed by atoms with E-state index in [1.807, 2.05) is 7.05 Å². The van der Waals surface area contributed by atoms with Gasteiger partial charge in [0, 0.05) is 45.0 Å². The maximum atomic E-state index is 5.69. The molecule has 0 saturated carbocycles. The van der Waals surface area contributed by atoms with Gasteiger partial charge in [-0.3, -0.25) is 4.99 Å². The molecular weight excluding hydrogens is 455 g/mol. The Labute approximate surface area is 180 Å². The molecule has 7 heteroatoms. The number of guanidine groups is 1. The minimum atomic E-state index is 0. The van der Waals surface area contributed by atoms with Gasteiger partial charge in [-0.1, -0.05) is 17.7 Å². The molecule has 2 saturated heterocycles. The van der Waals surface area contributed by atoms with E-state index < -0.39 is 0 Å². The molecule has 3 rings (SSSR count). The second-order valence-electron chi connectivity index (χ2n) is 7.12. The molecule has 0 bridgehead atoms. The largest absolute Gasteiger partial charge is 0.377 e. The third kappa shape index (κ3) is 7.12. The number of aryl methyl sites for hydroxylation is 1. The van der Waals surface area contributed by atoms with Crippen LogP contribution >= 0.6 is 24.0 Å². The maximum absolute atomic E-state index is 5.69. The summed E-state index contributed by atoms with van der Waals surface area (Å²) in [6.07, 6.45) is 3.68. The lowest BCUT2D eigenvalue weighted by atomic mass is 10.2. The van der Waals surface area contributed by atoms with E-state index in [1.165, 1.54) is 11.3 Å². The molecule has 27 heavy (non-hydrogen) atoms. The number of nitrogens with one attached hydrogen (secondary N) is 2. The molecule has 2 heterocycles. The summed E-state index contributed by atoms with van der Waals surface area (Å²) in [5, 5.41) is 6.86. The predicted octanol–water partition coefficient (Wildman–Crippen LogP) is 2.55.